The number of phenols is 1. The van der Waals surface area contributed by atoms with Gasteiger partial charge in [0.25, 0.3) is 0 Å². The molecule has 1 N–H and O–H groups in total. The third kappa shape index (κ3) is 2.12. The summed E-state index contributed by atoms with van der Waals surface area (Å²) in [6.07, 6.45) is 6.09. The van der Waals surface area contributed by atoms with Gasteiger partial charge in [-0.05, 0) is 42.5 Å². The van der Waals surface area contributed by atoms with Crippen LogP contribution >= 0.6 is 0 Å². The first-order valence-corrected chi connectivity index (χ1v) is 5.54. The van der Waals surface area contributed by atoms with Gasteiger partial charge in [0.15, 0.2) is 0 Å². The smallest absolute Gasteiger partial charge is 0.115 e. The minimum absolute atomic E-state index is 0.273. The predicted molar refractivity (Wildman–Crippen MR) is 58.6 cm³/mol. The summed E-state index contributed by atoms with van der Waals surface area (Å²) in [6.45, 7) is 0. The second-order valence-corrected chi connectivity index (χ2v) is 4.22. The zero-order chi connectivity index (χ0) is 10.7. The number of hydrogen-bond acceptors (Lipinski definition) is 2. The molecule has 0 saturated heterocycles. The zero-order valence-corrected chi connectivity index (χ0v) is 8.74. The lowest BCUT2D eigenvalue weighted by Gasteiger charge is -2.22. The molecule has 1 aliphatic carbocycles. The first-order chi connectivity index (χ1) is 7.31. The minimum Gasteiger partial charge on any atom is -0.508 e. The monoisotopic (exact) mass is 201 g/mol. The van der Waals surface area contributed by atoms with Crippen molar-refractivity contribution in [2.45, 2.75) is 38.0 Å². The van der Waals surface area contributed by atoms with Gasteiger partial charge < -0.3 is 5.11 Å². The van der Waals surface area contributed by atoms with Crippen molar-refractivity contribution in [3.8, 4) is 11.8 Å². The van der Waals surface area contributed by atoms with Gasteiger partial charge in [0.2, 0.25) is 0 Å². The van der Waals surface area contributed by atoms with Crippen LogP contribution in [0, 0.1) is 11.3 Å². The van der Waals surface area contributed by atoms with Crippen LogP contribution in [0.4, 0.5) is 0 Å². The summed E-state index contributed by atoms with van der Waals surface area (Å²) >= 11 is 0. The fraction of sp³-hybridized carbons (Fsp3) is 0.462. The van der Waals surface area contributed by atoms with Crippen LogP contribution in [0.2, 0.25) is 0 Å². The molecule has 0 aromatic heterocycles. The molecule has 0 aliphatic heterocycles. The van der Waals surface area contributed by atoms with E-state index in [0.717, 1.165) is 24.0 Å². The van der Waals surface area contributed by atoms with Crippen LogP contribution in [-0.2, 0) is 0 Å². The largest absolute Gasteiger partial charge is 0.508 e. The van der Waals surface area contributed by atoms with Gasteiger partial charge in [-0.15, -0.1) is 0 Å². The average Bonchev–Trinajstić information content (AvgIpc) is 2.30. The fourth-order valence-electron chi connectivity index (χ4n) is 2.40. The van der Waals surface area contributed by atoms with Crippen LogP contribution in [0.5, 0.6) is 5.75 Å². The van der Waals surface area contributed by atoms with Gasteiger partial charge in [-0.1, -0.05) is 19.3 Å². The van der Waals surface area contributed by atoms with Gasteiger partial charge >= 0.3 is 0 Å². The summed E-state index contributed by atoms with van der Waals surface area (Å²) < 4.78 is 0. The lowest BCUT2D eigenvalue weighted by Crippen LogP contribution is -2.06. The Morgan fingerprint density at radius 1 is 1.20 bits per heavy atom. The second kappa shape index (κ2) is 4.35. The van der Waals surface area contributed by atoms with Crippen LogP contribution < -0.4 is 0 Å². The lowest BCUT2D eigenvalue weighted by atomic mass is 9.82. The van der Waals surface area contributed by atoms with Gasteiger partial charge in [-0.3, -0.25) is 0 Å². The lowest BCUT2D eigenvalue weighted by molar-refractivity contribution is 0.437. The number of benzene rings is 1. The fourth-order valence-corrected chi connectivity index (χ4v) is 2.40. The Balaban J connectivity index is 2.32. The highest BCUT2D eigenvalue weighted by Gasteiger charge is 2.18. The molecular formula is C13H15NO. The van der Waals surface area contributed by atoms with E-state index in [9.17, 15) is 5.11 Å². The number of rotatable bonds is 1. The van der Waals surface area contributed by atoms with Gasteiger partial charge in [-0.2, -0.15) is 5.26 Å². The van der Waals surface area contributed by atoms with Crippen molar-refractivity contribution >= 4 is 0 Å². The average molecular weight is 201 g/mol. The first-order valence-electron chi connectivity index (χ1n) is 5.54. The Kier molecular flexibility index (Phi) is 2.91. The minimum atomic E-state index is 0.273. The third-order valence-electron chi connectivity index (χ3n) is 3.20. The van der Waals surface area contributed by atoms with E-state index in [1.54, 1.807) is 18.2 Å². The second-order valence-electron chi connectivity index (χ2n) is 4.22. The van der Waals surface area contributed by atoms with Gasteiger partial charge in [0.1, 0.15) is 5.75 Å². The van der Waals surface area contributed by atoms with Crippen molar-refractivity contribution in [3.05, 3.63) is 29.3 Å². The highest BCUT2D eigenvalue weighted by atomic mass is 16.3. The van der Waals surface area contributed by atoms with E-state index in [-0.39, 0.29) is 5.75 Å². The maximum atomic E-state index is 9.45. The SMILES string of the molecule is N#Cc1ccc(O)cc1C1CCCCC1. The molecule has 2 heteroatoms. The molecule has 0 spiro atoms. The molecular weight excluding hydrogens is 186 g/mol. The maximum absolute atomic E-state index is 9.45. The molecule has 15 heavy (non-hydrogen) atoms. The summed E-state index contributed by atoms with van der Waals surface area (Å²) in [4.78, 5) is 0. The zero-order valence-electron chi connectivity index (χ0n) is 8.74. The van der Waals surface area contributed by atoms with Gasteiger partial charge in [0.05, 0.1) is 11.6 Å². The molecule has 0 amide bonds. The Bertz CT molecular complexity index is 386. The summed E-state index contributed by atoms with van der Waals surface area (Å²) in [5.74, 6) is 0.745. The van der Waals surface area contributed by atoms with Crippen LogP contribution in [-0.4, -0.2) is 5.11 Å². The Labute approximate surface area is 90.2 Å². The topological polar surface area (TPSA) is 44.0 Å². The number of aromatic hydroxyl groups is 1. The Hall–Kier alpha value is -1.49. The predicted octanol–water partition coefficient (Wildman–Crippen LogP) is 3.31. The molecule has 1 saturated carbocycles. The molecule has 1 fully saturated rings. The molecule has 1 aromatic carbocycles. The van der Waals surface area contributed by atoms with Crippen molar-refractivity contribution < 1.29 is 5.11 Å². The van der Waals surface area contributed by atoms with E-state index in [1.165, 1.54) is 19.3 Å². The molecule has 0 heterocycles. The third-order valence-corrected chi connectivity index (χ3v) is 3.20. The standard InChI is InChI=1S/C13H15NO/c14-9-11-6-7-12(15)8-13(11)10-4-2-1-3-5-10/h6-8,10,15H,1-5H2. The highest BCUT2D eigenvalue weighted by molar-refractivity contribution is 5.44. The maximum Gasteiger partial charge on any atom is 0.115 e. The molecule has 78 valence electrons. The summed E-state index contributed by atoms with van der Waals surface area (Å²) in [5, 5.41) is 18.5. The van der Waals surface area contributed by atoms with E-state index in [2.05, 4.69) is 6.07 Å². The molecule has 0 unspecified atom stereocenters. The molecule has 1 aliphatic rings. The molecule has 2 rings (SSSR count). The van der Waals surface area contributed by atoms with E-state index >= 15 is 0 Å². The van der Waals surface area contributed by atoms with E-state index in [1.807, 2.05) is 0 Å². The number of hydrogen-bond donors (Lipinski definition) is 1. The highest BCUT2D eigenvalue weighted by Crippen LogP contribution is 2.35. The summed E-state index contributed by atoms with van der Waals surface area (Å²) in [5.41, 5.74) is 1.76. The van der Waals surface area contributed by atoms with Crippen LogP contribution in [0.25, 0.3) is 0 Å². The van der Waals surface area contributed by atoms with Crippen molar-refractivity contribution in [1.82, 2.24) is 0 Å². The summed E-state index contributed by atoms with van der Waals surface area (Å²) in [7, 11) is 0. The summed E-state index contributed by atoms with van der Waals surface area (Å²) in [6, 6.07) is 7.28. The number of nitriles is 1. The Morgan fingerprint density at radius 3 is 2.60 bits per heavy atom. The Morgan fingerprint density at radius 2 is 1.93 bits per heavy atom. The van der Waals surface area contributed by atoms with Gasteiger partial charge in [-0.25, -0.2) is 0 Å². The molecule has 1 aromatic rings. The van der Waals surface area contributed by atoms with Crippen LogP contribution in [0.15, 0.2) is 18.2 Å². The normalized spacial score (nSPS) is 17.3. The van der Waals surface area contributed by atoms with E-state index in [4.69, 9.17) is 5.26 Å². The van der Waals surface area contributed by atoms with E-state index < -0.39 is 0 Å². The van der Waals surface area contributed by atoms with E-state index in [0.29, 0.717) is 5.92 Å². The van der Waals surface area contributed by atoms with Crippen molar-refractivity contribution in [1.29, 1.82) is 5.26 Å². The molecule has 0 atom stereocenters. The molecule has 0 radical (unpaired) electrons. The molecule has 0 bridgehead atoms. The number of nitrogens with zero attached hydrogens (tertiary/aromatic N) is 1. The van der Waals surface area contributed by atoms with Crippen molar-refractivity contribution in [2.75, 3.05) is 0 Å². The first kappa shape index (κ1) is 10.0. The quantitative estimate of drug-likeness (QED) is 0.757. The molecule has 2 nitrogen and oxygen atoms in total. The van der Waals surface area contributed by atoms with Crippen molar-refractivity contribution in [2.24, 2.45) is 0 Å². The van der Waals surface area contributed by atoms with Gasteiger partial charge in [0, 0.05) is 0 Å². The van der Waals surface area contributed by atoms with Crippen LogP contribution in [0.3, 0.4) is 0 Å². The van der Waals surface area contributed by atoms with Crippen molar-refractivity contribution in [3.63, 3.8) is 0 Å². The number of phenolic OH excluding ortho intramolecular Hbond substituents is 1. The van der Waals surface area contributed by atoms with Crippen LogP contribution in [0.1, 0.15) is 49.1 Å².